The van der Waals surface area contributed by atoms with Crippen LogP contribution >= 0.6 is 11.6 Å². The van der Waals surface area contributed by atoms with E-state index in [1.54, 1.807) is 128 Å². The van der Waals surface area contributed by atoms with E-state index in [1.165, 1.54) is 18.3 Å². The van der Waals surface area contributed by atoms with Crippen LogP contribution in [0.4, 0.5) is 9.59 Å². The van der Waals surface area contributed by atoms with Crippen LogP contribution in [0.25, 0.3) is 0 Å². The van der Waals surface area contributed by atoms with E-state index in [4.69, 9.17) is 31.9 Å². The number of rotatable bonds is 8. The Morgan fingerprint density at radius 1 is 0.582 bits per heavy atom. The summed E-state index contributed by atoms with van der Waals surface area (Å²) in [6.07, 6.45) is 13.0. The maximum absolute atomic E-state index is 10.4. The number of aromatic nitrogens is 3. The molecule has 6 rings (SSSR count). The average molecular weight is 766 g/mol. The lowest BCUT2D eigenvalue weighted by atomic mass is 10.2. The van der Waals surface area contributed by atoms with Crippen LogP contribution in [0.1, 0.15) is 26.3 Å². The summed E-state index contributed by atoms with van der Waals surface area (Å²) in [5, 5.41) is 13.1. The van der Waals surface area contributed by atoms with E-state index in [2.05, 4.69) is 37.1 Å². The molecule has 0 unspecified atom stereocenters. The van der Waals surface area contributed by atoms with Crippen LogP contribution in [-0.2, 0) is 0 Å². The highest BCUT2D eigenvalue weighted by molar-refractivity contribution is 6.30. The van der Waals surface area contributed by atoms with Gasteiger partial charge in [0.2, 0.25) is 0 Å². The molecule has 0 fully saturated rings. The maximum atomic E-state index is 10.4. The Kier molecular flexibility index (Phi) is 20.7. The lowest BCUT2D eigenvalue weighted by molar-refractivity contribution is 0.111. The van der Waals surface area contributed by atoms with Crippen LogP contribution in [-0.4, -0.2) is 50.9 Å². The molecule has 282 valence electrons. The predicted molar refractivity (Wildman–Crippen MR) is 207 cm³/mol. The summed E-state index contributed by atoms with van der Waals surface area (Å²) in [6, 6.07) is 29.4. The number of aldehydes is 2. The summed E-state index contributed by atoms with van der Waals surface area (Å²) >= 11 is 5.50. The van der Waals surface area contributed by atoms with E-state index >= 15 is 0 Å². The van der Waals surface area contributed by atoms with Crippen molar-refractivity contribution in [1.82, 2.24) is 25.8 Å². The second-order valence-corrected chi connectivity index (χ2v) is 10.4. The van der Waals surface area contributed by atoms with Crippen LogP contribution < -0.4 is 37.6 Å². The van der Waals surface area contributed by atoms with Crippen molar-refractivity contribution >= 4 is 42.5 Å². The number of ether oxygens (including phenoxy) is 2. The summed E-state index contributed by atoms with van der Waals surface area (Å²) in [5.74, 6) is 7.47. The van der Waals surface area contributed by atoms with Crippen molar-refractivity contribution in [3.8, 4) is 28.7 Å². The van der Waals surface area contributed by atoms with Gasteiger partial charge in [-0.1, -0.05) is 11.6 Å². The number of halogens is 1. The molecule has 0 spiro atoms. The number of hydrazone groups is 1. The van der Waals surface area contributed by atoms with Crippen molar-refractivity contribution in [3.05, 3.63) is 168 Å². The zero-order chi connectivity index (χ0) is 40.1. The quantitative estimate of drug-likeness (QED) is 0.0342. The molecule has 4 amide bonds. The molecule has 16 nitrogen and oxygen atoms in total. The Morgan fingerprint density at radius 3 is 1.25 bits per heavy atom. The molecule has 9 N–H and O–H groups in total. The van der Waals surface area contributed by atoms with E-state index in [9.17, 15) is 19.2 Å². The molecule has 0 aliphatic carbocycles. The van der Waals surface area contributed by atoms with Gasteiger partial charge >= 0.3 is 12.1 Å². The van der Waals surface area contributed by atoms with Gasteiger partial charge in [0.05, 0.1) is 6.21 Å². The van der Waals surface area contributed by atoms with E-state index in [-0.39, 0.29) is 5.75 Å². The van der Waals surface area contributed by atoms with Gasteiger partial charge in [-0.15, -0.1) is 0 Å². The number of nitrogens with two attached hydrogens (primary N) is 3. The molecule has 3 heterocycles. The van der Waals surface area contributed by atoms with Crippen LogP contribution in [0.5, 0.6) is 28.7 Å². The predicted octanol–water partition coefficient (Wildman–Crippen LogP) is 6.03. The third-order valence-electron chi connectivity index (χ3n) is 5.87. The molecule has 6 aromatic rings. The third kappa shape index (κ3) is 20.7. The molecule has 0 saturated carbocycles. The lowest BCUT2D eigenvalue weighted by Gasteiger charge is -2.04. The zero-order valence-corrected chi connectivity index (χ0v) is 29.6. The fourth-order valence-corrected chi connectivity index (χ4v) is 3.49. The van der Waals surface area contributed by atoms with Crippen LogP contribution in [0.2, 0.25) is 5.02 Å². The standard InChI is InChI=1S/C13H12N4O2.C12H9NO2.C7H6O2.C5H4ClN.CH5N3O/c14-13(18)17-16-9-10-1-3-11(4-2-10)19-12-5-7-15-8-6-12;14-9-10-1-3-11(4-2-10)15-12-5-7-13-8-6-12;8-5-6-1-3-7(9)4-2-6;6-5-1-3-7-4-2-5;2-1(5)4-3/h1-9H,(H3,14,17,18);1-9H;1-5,9H;1-4H;3H2,(H3,2,4,5)/b16-9+;;;;. The first-order valence-corrected chi connectivity index (χ1v) is 15.9. The van der Waals surface area contributed by atoms with Gasteiger partial charge in [-0.2, -0.15) is 5.10 Å². The van der Waals surface area contributed by atoms with E-state index in [1.807, 2.05) is 12.1 Å². The van der Waals surface area contributed by atoms with Crippen molar-refractivity contribution in [1.29, 1.82) is 0 Å². The number of nitrogens with one attached hydrogen (secondary N) is 2. The van der Waals surface area contributed by atoms with Gasteiger partial charge in [-0.05, 0) is 115 Å². The minimum atomic E-state index is -0.718. The Bertz CT molecular complexity index is 2010. The minimum absolute atomic E-state index is 0.181. The lowest BCUT2D eigenvalue weighted by Crippen LogP contribution is -2.34. The van der Waals surface area contributed by atoms with Gasteiger partial charge in [0.1, 0.15) is 41.3 Å². The fraction of sp³-hybridized carbons (Fsp3) is 0. The van der Waals surface area contributed by atoms with Crippen LogP contribution in [0.15, 0.2) is 151 Å². The highest BCUT2D eigenvalue weighted by Gasteiger charge is 1.98. The number of carbonyl (C=O) groups is 4. The number of nitrogens with zero attached hydrogens (tertiary/aromatic N) is 4. The summed E-state index contributed by atoms with van der Waals surface area (Å²) < 4.78 is 11.1. The fourth-order valence-electron chi connectivity index (χ4n) is 3.38. The van der Waals surface area contributed by atoms with Gasteiger partial charge in [0.15, 0.2) is 0 Å². The summed E-state index contributed by atoms with van der Waals surface area (Å²) in [5.41, 5.74) is 15.1. The first-order valence-electron chi connectivity index (χ1n) is 15.6. The topological polar surface area (TPSA) is 260 Å². The number of phenolic OH excluding ortho intramolecular Hbond substituents is 1. The molecular weight excluding hydrogens is 730 g/mol. The summed E-state index contributed by atoms with van der Waals surface area (Å²) in [4.78, 5) is 51.8. The zero-order valence-electron chi connectivity index (χ0n) is 28.9. The first-order chi connectivity index (χ1) is 26.6. The van der Waals surface area contributed by atoms with Gasteiger partial charge in [0.25, 0.3) is 0 Å². The van der Waals surface area contributed by atoms with Crippen molar-refractivity contribution in [3.63, 3.8) is 0 Å². The number of carbonyl (C=O) groups excluding carboxylic acids is 4. The van der Waals surface area contributed by atoms with Crippen molar-refractivity contribution in [2.24, 2.45) is 22.4 Å². The average Bonchev–Trinajstić information content (AvgIpc) is 3.21. The molecular formula is C38H36ClN9O7. The molecule has 0 aliphatic heterocycles. The molecule has 0 aliphatic rings. The maximum Gasteiger partial charge on any atom is 0.332 e. The summed E-state index contributed by atoms with van der Waals surface area (Å²) in [7, 11) is 0. The molecule has 0 saturated heterocycles. The number of benzene rings is 3. The van der Waals surface area contributed by atoms with Crippen molar-refractivity contribution < 1.29 is 33.8 Å². The van der Waals surface area contributed by atoms with Gasteiger partial charge in [-0.25, -0.2) is 20.9 Å². The molecule has 55 heavy (non-hydrogen) atoms. The Labute approximate surface area is 320 Å². The second kappa shape index (κ2) is 26.1. The van der Waals surface area contributed by atoms with Crippen LogP contribution in [0.3, 0.4) is 0 Å². The van der Waals surface area contributed by atoms with Gasteiger partial charge < -0.3 is 26.0 Å². The van der Waals surface area contributed by atoms with E-state index in [0.29, 0.717) is 28.4 Å². The number of primary amides is 2. The minimum Gasteiger partial charge on any atom is -0.508 e. The normalized spacial score (nSPS) is 9.35. The molecule has 0 radical (unpaired) electrons. The molecule has 3 aromatic carbocycles. The highest BCUT2D eigenvalue weighted by Crippen LogP contribution is 2.21. The smallest absolute Gasteiger partial charge is 0.332 e. The summed E-state index contributed by atoms with van der Waals surface area (Å²) in [6.45, 7) is 0. The Morgan fingerprint density at radius 2 is 0.927 bits per heavy atom. The third-order valence-corrected chi connectivity index (χ3v) is 6.12. The largest absolute Gasteiger partial charge is 0.508 e. The number of pyridine rings is 3. The number of aromatic hydroxyl groups is 1. The van der Waals surface area contributed by atoms with Crippen LogP contribution in [0, 0.1) is 0 Å². The number of phenols is 1. The molecule has 17 heteroatoms. The SMILES string of the molecule is Clc1ccncc1.NC(=O)N/N=C/c1ccc(Oc2ccncc2)cc1.NNC(N)=O.O=Cc1ccc(O)cc1.O=Cc1ccc(Oc2ccncc2)cc1. The van der Waals surface area contributed by atoms with E-state index < -0.39 is 12.1 Å². The molecule has 0 atom stereocenters. The Hall–Kier alpha value is -7.69. The van der Waals surface area contributed by atoms with Crippen molar-refractivity contribution in [2.75, 3.05) is 0 Å². The van der Waals surface area contributed by atoms with E-state index in [0.717, 1.165) is 28.9 Å². The Balaban J connectivity index is 0.000000257. The number of hydrogen-bond donors (Lipinski definition) is 6. The van der Waals surface area contributed by atoms with Gasteiger partial charge in [-0.3, -0.25) is 30.0 Å². The monoisotopic (exact) mass is 765 g/mol. The first kappa shape index (κ1) is 43.5. The number of amides is 4. The highest BCUT2D eigenvalue weighted by atomic mass is 35.5. The number of hydrazine groups is 1. The molecule has 0 bridgehead atoms. The number of hydrogen-bond acceptors (Lipinski definition) is 12. The molecule has 3 aromatic heterocycles. The van der Waals surface area contributed by atoms with Gasteiger partial charge in [0, 0.05) is 53.3 Å². The van der Waals surface area contributed by atoms with Crippen molar-refractivity contribution in [2.45, 2.75) is 0 Å². The number of urea groups is 2. The second-order valence-electron chi connectivity index (χ2n) is 9.94.